The van der Waals surface area contributed by atoms with Crippen LogP contribution in [0.4, 0.5) is 0 Å². The van der Waals surface area contributed by atoms with E-state index >= 15 is 0 Å². The number of aryl methyl sites for hydroxylation is 2. The first-order chi connectivity index (χ1) is 24.6. The van der Waals surface area contributed by atoms with Crippen LogP contribution in [0.25, 0.3) is 10.4 Å². The molecule has 3 heterocycles. The van der Waals surface area contributed by atoms with Crippen molar-refractivity contribution < 1.29 is 24.0 Å². The van der Waals surface area contributed by atoms with Crippen LogP contribution in [0.15, 0.2) is 40.4 Å². The van der Waals surface area contributed by atoms with Gasteiger partial charge in [0.2, 0.25) is 17.7 Å². The number of unbranched alkanes of at least 4 members (excludes halogenated alkanes) is 9. The second-order valence-electron chi connectivity index (χ2n) is 14.3. The van der Waals surface area contributed by atoms with Gasteiger partial charge in [-0.1, -0.05) is 94.6 Å². The Bertz CT molecular complexity index is 1520. The lowest BCUT2D eigenvalue weighted by Gasteiger charge is -2.30. The van der Waals surface area contributed by atoms with Crippen molar-refractivity contribution in [1.29, 1.82) is 0 Å². The standard InChI is InChI=1S/C39H58N6O5S/c1-26(2)36(34-21-27(3)44-50-34)39(49)45-24-31(46)22-33(45)38(48)43-32(29-15-17-30(18-16-29)37-28(4)42-25-51-37)23-35(47)41-20-14-12-10-8-6-5-7-9-11-13-19-40/h15-18,21,25-26,31-33,36,46H,5-14,19-20,22-24,40H2,1-4H3,(H,41,47)(H,43,48)/t31-,32+,33+,36-/m1/s1. The first-order valence-electron chi connectivity index (χ1n) is 18.8. The summed E-state index contributed by atoms with van der Waals surface area (Å²) in [5, 5.41) is 20.8. The molecular formula is C39H58N6O5S. The summed E-state index contributed by atoms with van der Waals surface area (Å²) in [4.78, 5) is 48.1. The predicted octanol–water partition coefficient (Wildman–Crippen LogP) is 6.34. The van der Waals surface area contributed by atoms with E-state index in [-0.39, 0.29) is 37.1 Å². The zero-order valence-corrected chi connectivity index (χ0v) is 31.7. The number of benzene rings is 1. The molecule has 0 spiro atoms. The van der Waals surface area contributed by atoms with Gasteiger partial charge in [-0.25, -0.2) is 4.98 Å². The van der Waals surface area contributed by atoms with E-state index in [1.165, 1.54) is 43.4 Å². The summed E-state index contributed by atoms with van der Waals surface area (Å²) < 4.78 is 5.47. The molecule has 1 aliphatic rings. The molecule has 1 aliphatic heterocycles. The molecular weight excluding hydrogens is 665 g/mol. The van der Waals surface area contributed by atoms with Crippen molar-refractivity contribution in [1.82, 2.24) is 25.7 Å². The number of hydrogen-bond acceptors (Lipinski definition) is 9. The molecule has 1 aromatic carbocycles. The van der Waals surface area contributed by atoms with E-state index in [4.69, 9.17) is 10.3 Å². The molecule has 0 saturated carbocycles. The molecule has 0 bridgehead atoms. The molecule has 4 atom stereocenters. The number of nitrogens with two attached hydrogens (primary N) is 1. The van der Waals surface area contributed by atoms with Gasteiger partial charge in [-0.15, -0.1) is 11.3 Å². The van der Waals surface area contributed by atoms with E-state index in [1.807, 2.05) is 50.5 Å². The van der Waals surface area contributed by atoms with E-state index in [0.717, 1.165) is 53.9 Å². The maximum Gasteiger partial charge on any atom is 0.243 e. The minimum absolute atomic E-state index is 0.0378. The fraction of sp³-hybridized carbons (Fsp3) is 0.615. The highest BCUT2D eigenvalue weighted by atomic mass is 32.1. The van der Waals surface area contributed by atoms with Crippen LogP contribution in [0.1, 0.15) is 126 Å². The normalized spacial score (nSPS) is 17.1. The highest BCUT2D eigenvalue weighted by molar-refractivity contribution is 7.13. The first-order valence-corrected chi connectivity index (χ1v) is 19.7. The summed E-state index contributed by atoms with van der Waals surface area (Å²) in [5.41, 5.74) is 10.8. The summed E-state index contributed by atoms with van der Waals surface area (Å²) >= 11 is 1.56. The Balaban J connectivity index is 1.38. The Kier molecular flexibility index (Phi) is 16.1. The highest BCUT2D eigenvalue weighted by Crippen LogP contribution is 2.32. The number of aromatic nitrogens is 2. The number of aliphatic hydroxyl groups excluding tert-OH is 1. The molecule has 0 aliphatic carbocycles. The molecule has 1 saturated heterocycles. The van der Waals surface area contributed by atoms with Gasteiger partial charge in [-0.2, -0.15) is 0 Å². The number of thiazole rings is 1. The van der Waals surface area contributed by atoms with Crippen molar-refractivity contribution in [2.45, 2.75) is 129 Å². The fourth-order valence-corrected chi connectivity index (χ4v) is 7.70. The molecule has 5 N–H and O–H groups in total. The Morgan fingerprint density at radius 3 is 2.22 bits per heavy atom. The van der Waals surface area contributed by atoms with Crippen molar-refractivity contribution in [3.63, 3.8) is 0 Å². The van der Waals surface area contributed by atoms with Crippen LogP contribution in [0.5, 0.6) is 0 Å². The van der Waals surface area contributed by atoms with Crippen LogP contribution < -0.4 is 16.4 Å². The molecule has 2 aromatic heterocycles. The smallest absolute Gasteiger partial charge is 0.243 e. The lowest BCUT2D eigenvalue weighted by atomic mass is 9.91. The Hall–Kier alpha value is -3.61. The topological polar surface area (TPSA) is 164 Å². The van der Waals surface area contributed by atoms with Gasteiger partial charge in [0, 0.05) is 25.6 Å². The van der Waals surface area contributed by atoms with Crippen molar-refractivity contribution in [2.75, 3.05) is 19.6 Å². The number of carbonyl (C=O) groups is 3. The van der Waals surface area contributed by atoms with Crippen LogP contribution in [-0.4, -0.2) is 69.6 Å². The second kappa shape index (κ2) is 20.4. The molecule has 3 aromatic rings. The molecule has 4 rings (SSSR count). The van der Waals surface area contributed by atoms with Crippen LogP contribution in [-0.2, 0) is 14.4 Å². The summed E-state index contributed by atoms with van der Waals surface area (Å²) in [7, 11) is 0. The van der Waals surface area contributed by atoms with Gasteiger partial charge in [-0.05, 0) is 50.3 Å². The van der Waals surface area contributed by atoms with E-state index < -0.39 is 30.0 Å². The molecule has 3 amide bonds. The average Bonchev–Trinajstić information content (AvgIpc) is 3.84. The number of likely N-dealkylation sites (tertiary alicyclic amines) is 1. The summed E-state index contributed by atoms with van der Waals surface area (Å²) in [5.74, 6) is -1.19. The van der Waals surface area contributed by atoms with E-state index in [0.29, 0.717) is 18.0 Å². The van der Waals surface area contributed by atoms with Crippen LogP contribution in [0.3, 0.4) is 0 Å². The van der Waals surface area contributed by atoms with Crippen LogP contribution >= 0.6 is 11.3 Å². The number of nitrogens with zero attached hydrogens (tertiary/aromatic N) is 3. The van der Waals surface area contributed by atoms with Gasteiger partial charge in [-0.3, -0.25) is 14.4 Å². The van der Waals surface area contributed by atoms with Crippen molar-refractivity contribution in [3.05, 3.63) is 58.6 Å². The lowest BCUT2D eigenvalue weighted by Crippen LogP contribution is -2.49. The maximum absolute atomic E-state index is 14.0. The Morgan fingerprint density at radius 2 is 1.65 bits per heavy atom. The van der Waals surface area contributed by atoms with Gasteiger partial charge >= 0.3 is 0 Å². The SMILES string of the molecule is Cc1cc([C@H](C(=O)N2C[C@H](O)C[C@H]2C(=O)N[C@@H](CC(=O)NCCCCCCCCCCCCN)c2ccc(-c3scnc3C)cc2)C(C)C)on1. The lowest BCUT2D eigenvalue weighted by molar-refractivity contribution is -0.141. The molecule has 0 unspecified atom stereocenters. The van der Waals surface area contributed by atoms with Crippen LogP contribution in [0, 0.1) is 19.8 Å². The molecule has 0 radical (unpaired) electrons. The molecule has 11 nitrogen and oxygen atoms in total. The van der Waals surface area contributed by atoms with E-state index in [9.17, 15) is 19.5 Å². The van der Waals surface area contributed by atoms with Gasteiger partial charge in [0.25, 0.3) is 0 Å². The van der Waals surface area contributed by atoms with Gasteiger partial charge in [0.1, 0.15) is 17.7 Å². The molecule has 51 heavy (non-hydrogen) atoms. The Morgan fingerprint density at radius 1 is 1.00 bits per heavy atom. The third kappa shape index (κ3) is 12.0. The predicted molar refractivity (Wildman–Crippen MR) is 201 cm³/mol. The molecule has 1 fully saturated rings. The van der Waals surface area contributed by atoms with Crippen LogP contribution in [0.2, 0.25) is 0 Å². The van der Waals surface area contributed by atoms with Gasteiger partial charge < -0.3 is 30.9 Å². The summed E-state index contributed by atoms with van der Waals surface area (Å²) in [6.07, 6.45) is 11.0. The fourth-order valence-electron chi connectivity index (χ4n) is 6.88. The number of amides is 3. The van der Waals surface area contributed by atoms with Crippen molar-refractivity contribution in [3.8, 4) is 10.4 Å². The minimum atomic E-state index is -0.895. The van der Waals surface area contributed by atoms with Crippen molar-refractivity contribution in [2.24, 2.45) is 11.7 Å². The molecule has 12 heteroatoms. The summed E-state index contributed by atoms with van der Waals surface area (Å²) in [6.45, 7) is 9.00. The largest absolute Gasteiger partial charge is 0.391 e. The van der Waals surface area contributed by atoms with Gasteiger partial charge in [0.05, 0.1) is 40.3 Å². The average molecular weight is 723 g/mol. The van der Waals surface area contributed by atoms with Crippen molar-refractivity contribution >= 4 is 29.1 Å². The number of nitrogens with one attached hydrogen (secondary N) is 2. The third-order valence-corrected chi connectivity index (χ3v) is 10.7. The Labute approximate surface area is 307 Å². The quantitative estimate of drug-likeness (QED) is 0.0926. The monoisotopic (exact) mass is 722 g/mol. The minimum Gasteiger partial charge on any atom is -0.391 e. The van der Waals surface area contributed by atoms with Gasteiger partial charge in [0.15, 0.2) is 0 Å². The zero-order valence-electron chi connectivity index (χ0n) is 30.9. The van der Waals surface area contributed by atoms with E-state index in [1.54, 1.807) is 24.3 Å². The number of aliphatic hydroxyl groups is 1. The first kappa shape index (κ1) is 40.2. The highest BCUT2D eigenvalue weighted by Gasteiger charge is 2.43. The maximum atomic E-state index is 14.0. The number of hydrogen-bond donors (Lipinski definition) is 4. The number of carbonyl (C=O) groups excluding carboxylic acids is 3. The zero-order chi connectivity index (χ0) is 36.8. The number of rotatable bonds is 21. The van der Waals surface area contributed by atoms with E-state index in [2.05, 4.69) is 20.8 Å². The second-order valence-corrected chi connectivity index (χ2v) is 15.2. The third-order valence-electron chi connectivity index (χ3n) is 9.73. The number of β-amino-alcohol motifs (C(OH)–C–C–N with tert-alkyl or cyclic N) is 1. The summed E-state index contributed by atoms with van der Waals surface area (Å²) in [6, 6.07) is 8.03. The molecule has 280 valence electrons.